The van der Waals surface area contributed by atoms with Crippen molar-refractivity contribution >= 4 is 28.3 Å². The molecule has 0 N–H and O–H groups in total. The Kier molecular flexibility index (Phi) is 4.37. The third-order valence-corrected chi connectivity index (χ3v) is 7.68. The molecule has 1 fully saturated rings. The summed E-state index contributed by atoms with van der Waals surface area (Å²) in [4.78, 5) is 42.2. The van der Waals surface area contributed by atoms with Crippen LogP contribution in [0.5, 0.6) is 5.75 Å². The van der Waals surface area contributed by atoms with Crippen molar-refractivity contribution < 1.29 is 19.1 Å². The lowest BCUT2D eigenvalue weighted by Crippen LogP contribution is -2.39. The molecular weight excluding hydrogens is 424 g/mol. The molecule has 0 spiro atoms. The van der Waals surface area contributed by atoms with Gasteiger partial charge >= 0.3 is 5.97 Å². The summed E-state index contributed by atoms with van der Waals surface area (Å²) in [7, 11) is 0. The number of rotatable bonds is 5. The van der Waals surface area contributed by atoms with Gasteiger partial charge in [0.1, 0.15) is 5.75 Å². The van der Waals surface area contributed by atoms with E-state index in [9.17, 15) is 14.4 Å². The molecule has 0 aromatic heterocycles. The molecular formula is C30H22O4. The highest BCUT2D eigenvalue weighted by Crippen LogP contribution is 2.81. The Hall–Kier alpha value is -4.05. The molecule has 1 heterocycles. The van der Waals surface area contributed by atoms with Crippen molar-refractivity contribution in [1.29, 1.82) is 0 Å². The van der Waals surface area contributed by atoms with E-state index in [0.717, 1.165) is 16.3 Å². The molecule has 0 saturated heterocycles. The topological polar surface area (TPSA) is 60.4 Å². The maximum Gasteiger partial charge on any atom is 0.327 e. The van der Waals surface area contributed by atoms with Crippen LogP contribution in [0.4, 0.5) is 0 Å². The Morgan fingerprint density at radius 2 is 1.35 bits per heavy atom. The van der Waals surface area contributed by atoms with Crippen molar-refractivity contribution in [3.05, 3.63) is 114 Å². The van der Waals surface area contributed by atoms with Crippen LogP contribution in [0.25, 0.3) is 10.8 Å². The molecule has 4 heteroatoms. The molecule has 1 saturated carbocycles. The van der Waals surface area contributed by atoms with Gasteiger partial charge in [0, 0.05) is 22.6 Å². The zero-order valence-corrected chi connectivity index (χ0v) is 18.7. The third-order valence-electron chi connectivity index (χ3n) is 7.68. The second-order valence-electron chi connectivity index (χ2n) is 9.04. The monoisotopic (exact) mass is 446 g/mol. The van der Waals surface area contributed by atoms with Crippen molar-refractivity contribution in [3.8, 4) is 5.75 Å². The van der Waals surface area contributed by atoms with Crippen LogP contribution >= 0.6 is 0 Å². The Morgan fingerprint density at radius 1 is 0.765 bits per heavy atom. The van der Waals surface area contributed by atoms with Crippen LogP contribution in [-0.2, 0) is 4.79 Å². The number of Topliss-reactive ketones (excluding diaryl/α,β-unsaturated/α-hetero) is 2. The fourth-order valence-corrected chi connectivity index (χ4v) is 6.18. The zero-order chi connectivity index (χ0) is 23.5. The third kappa shape index (κ3) is 2.40. The average Bonchev–Trinajstić information content (AvgIpc) is 3.54. The van der Waals surface area contributed by atoms with Crippen LogP contribution in [0.15, 0.2) is 97.1 Å². The van der Waals surface area contributed by atoms with E-state index in [1.165, 1.54) is 0 Å². The molecule has 34 heavy (non-hydrogen) atoms. The van der Waals surface area contributed by atoms with Crippen LogP contribution in [0.3, 0.4) is 0 Å². The largest absolute Gasteiger partial charge is 0.425 e. The quantitative estimate of drug-likeness (QED) is 0.163. The van der Waals surface area contributed by atoms with Crippen LogP contribution in [0, 0.1) is 10.8 Å². The Morgan fingerprint density at radius 3 is 2.00 bits per heavy atom. The average molecular weight is 447 g/mol. The van der Waals surface area contributed by atoms with Crippen LogP contribution in [0.1, 0.15) is 45.5 Å². The highest BCUT2D eigenvalue weighted by molar-refractivity contribution is 6.26. The maximum absolute atomic E-state index is 14.2. The molecule has 1 aliphatic carbocycles. The number of esters is 1. The van der Waals surface area contributed by atoms with Crippen molar-refractivity contribution in [2.75, 3.05) is 0 Å². The Labute approximate surface area is 197 Å². The van der Waals surface area contributed by atoms with Crippen molar-refractivity contribution in [1.82, 2.24) is 0 Å². The highest BCUT2D eigenvalue weighted by Gasteiger charge is 2.89. The molecule has 3 unspecified atom stereocenters. The molecule has 0 bridgehead atoms. The van der Waals surface area contributed by atoms with E-state index >= 15 is 0 Å². The van der Waals surface area contributed by atoms with E-state index in [1.54, 1.807) is 54.6 Å². The lowest BCUT2D eigenvalue weighted by atomic mass is 9.79. The van der Waals surface area contributed by atoms with Gasteiger partial charge in [-0.2, -0.15) is 0 Å². The first kappa shape index (κ1) is 20.5. The second kappa shape index (κ2) is 7.22. The van der Waals surface area contributed by atoms with Crippen LogP contribution in [0.2, 0.25) is 0 Å². The SMILES string of the molecule is CCC1(C(=O)c2ccccc2)C2c3c(ccc4ccccc34)OC(=O)C21C(=O)c1ccccc1. The minimum Gasteiger partial charge on any atom is -0.425 e. The number of hydrogen-bond donors (Lipinski definition) is 0. The van der Waals surface area contributed by atoms with E-state index in [0.29, 0.717) is 23.3 Å². The van der Waals surface area contributed by atoms with Crippen LogP contribution in [-0.4, -0.2) is 17.5 Å². The minimum atomic E-state index is -1.60. The van der Waals surface area contributed by atoms with Gasteiger partial charge in [-0.25, -0.2) is 0 Å². The van der Waals surface area contributed by atoms with Gasteiger partial charge in [-0.3, -0.25) is 14.4 Å². The highest BCUT2D eigenvalue weighted by atomic mass is 16.5. The van der Waals surface area contributed by atoms with Gasteiger partial charge in [0.05, 0.1) is 5.41 Å². The summed E-state index contributed by atoms with van der Waals surface area (Å²) in [6.07, 6.45) is 0.335. The fourth-order valence-electron chi connectivity index (χ4n) is 6.18. The summed E-state index contributed by atoms with van der Waals surface area (Å²) in [6.45, 7) is 1.89. The van der Waals surface area contributed by atoms with E-state index in [-0.39, 0.29) is 11.6 Å². The molecule has 6 rings (SSSR count). The van der Waals surface area contributed by atoms with Gasteiger partial charge in [0.15, 0.2) is 17.0 Å². The molecule has 0 radical (unpaired) electrons. The fraction of sp³-hybridized carbons (Fsp3) is 0.167. The van der Waals surface area contributed by atoms with Gasteiger partial charge in [-0.1, -0.05) is 97.9 Å². The molecule has 4 aromatic carbocycles. The van der Waals surface area contributed by atoms with Crippen molar-refractivity contribution in [3.63, 3.8) is 0 Å². The smallest absolute Gasteiger partial charge is 0.327 e. The van der Waals surface area contributed by atoms with E-state index < -0.39 is 22.7 Å². The van der Waals surface area contributed by atoms with E-state index in [4.69, 9.17) is 4.74 Å². The van der Waals surface area contributed by atoms with Crippen molar-refractivity contribution in [2.24, 2.45) is 10.8 Å². The van der Waals surface area contributed by atoms with Gasteiger partial charge in [0.2, 0.25) is 0 Å². The molecule has 4 nitrogen and oxygen atoms in total. The number of carbonyl (C=O) groups is 3. The molecule has 0 amide bonds. The Balaban J connectivity index is 1.67. The summed E-state index contributed by atoms with van der Waals surface area (Å²) in [5.74, 6) is -1.36. The summed E-state index contributed by atoms with van der Waals surface area (Å²) in [6, 6.07) is 29.2. The summed E-state index contributed by atoms with van der Waals surface area (Å²) in [5, 5.41) is 1.88. The van der Waals surface area contributed by atoms with Gasteiger partial charge in [0.25, 0.3) is 0 Å². The molecule has 1 aliphatic heterocycles. The normalized spacial score (nSPS) is 24.6. The lowest BCUT2D eigenvalue weighted by molar-refractivity contribution is -0.140. The number of ether oxygens (including phenoxy) is 1. The first-order valence-corrected chi connectivity index (χ1v) is 11.5. The number of carbonyl (C=O) groups excluding carboxylic acids is 3. The number of benzene rings is 4. The van der Waals surface area contributed by atoms with E-state index in [2.05, 4.69) is 0 Å². The predicted molar refractivity (Wildman–Crippen MR) is 129 cm³/mol. The zero-order valence-electron chi connectivity index (χ0n) is 18.7. The molecule has 4 aromatic rings. The standard InChI is InChI=1S/C30H22O4/c1-2-29(26(31)20-12-5-3-6-13-20)25-24-22-16-10-9-11-19(22)17-18-23(24)34-28(33)30(25,29)27(32)21-14-7-4-8-15-21/h3-18,25H,2H2,1H3. The van der Waals surface area contributed by atoms with Gasteiger partial charge in [-0.05, 0) is 23.3 Å². The van der Waals surface area contributed by atoms with Gasteiger partial charge in [-0.15, -0.1) is 0 Å². The molecule has 3 atom stereocenters. The Bertz CT molecular complexity index is 1470. The number of ketones is 2. The predicted octanol–water partition coefficient (Wildman–Crippen LogP) is 6.00. The molecule has 2 aliphatic rings. The first-order chi connectivity index (χ1) is 16.6. The second-order valence-corrected chi connectivity index (χ2v) is 9.04. The van der Waals surface area contributed by atoms with Crippen LogP contribution < -0.4 is 4.74 Å². The summed E-state index contributed by atoms with van der Waals surface area (Å²) >= 11 is 0. The molecule has 166 valence electrons. The van der Waals surface area contributed by atoms with Gasteiger partial charge < -0.3 is 4.74 Å². The lowest BCUT2D eigenvalue weighted by Gasteiger charge is -2.24. The van der Waals surface area contributed by atoms with Crippen molar-refractivity contribution in [2.45, 2.75) is 19.3 Å². The van der Waals surface area contributed by atoms with E-state index in [1.807, 2.05) is 49.4 Å². The minimum absolute atomic E-state index is 0.192. The first-order valence-electron chi connectivity index (χ1n) is 11.5. The summed E-state index contributed by atoms with van der Waals surface area (Å²) < 4.78 is 5.87. The summed E-state index contributed by atoms with van der Waals surface area (Å²) in [5.41, 5.74) is -1.16. The number of fused-ring (bicyclic) bond motifs is 5. The number of hydrogen-bond acceptors (Lipinski definition) is 4. The maximum atomic E-state index is 14.2.